The fourth-order valence-electron chi connectivity index (χ4n) is 0.516. The molecule has 0 bridgehead atoms. The van der Waals surface area contributed by atoms with Gasteiger partial charge < -0.3 is 17.7 Å². The van der Waals surface area contributed by atoms with Gasteiger partial charge in [0.25, 0.3) is 0 Å². The highest BCUT2D eigenvalue weighted by Crippen LogP contribution is 1.99. The molecule has 0 unspecified atom stereocenters. The van der Waals surface area contributed by atoms with Crippen molar-refractivity contribution in [3.05, 3.63) is 0 Å². The summed E-state index contributed by atoms with van der Waals surface area (Å²) < 4.78 is 0. The average Bonchev–Trinajstić information content (AvgIpc) is 1.72. The van der Waals surface area contributed by atoms with Gasteiger partial charge in [0.2, 0.25) is 0 Å². The molecule has 0 amide bonds. The lowest BCUT2D eigenvalue weighted by Crippen LogP contribution is -3.00. The van der Waals surface area contributed by atoms with Crippen LogP contribution in [0.15, 0.2) is 0 Å². The van der Waals surface area contributed by atoms with Gasteiger partial charge in [0.15, 0.2) is 0 Å². The van der Waals surface area contributed by atoms with E-state index >= 15 is 0 Å². The molecule has 1 heterocycles. The van der Waals surface area contributed by atoms with Crippen LogP contribution in [0.3, 0.4) is 0 Å². The summed E-state index contributed by atoms with van der Waals surface area (Å²) in [5.74, 6) is 2.61. The van der Waals surface area contributed by atoms with Crippen LogP contribution in [0.1, 0.15) is 1.43 Å². The van der Waals surface area contributed by atoms with Crippen LogP contribution in [-0.2, 0) is 0 Å². The summed E-state index contributed by atoms with van der Waals surface area (Å²) in [5.41, 5.74) is 0. The molecular weight excluding hydrogens is 130 g/mol. The maximum atomic E-state index is 3.26. The standard InChI is InChI=1S/C4H9NS.ClH/c1-3-6-4-2-5-1;/h5H,1-4H2;1H. The van der Waals surface area contributed by atoms with E-state index in [1.165, 1.54) is 24.6 Å². The SMILES string of the molecule is C1CSCCN1.[Cl-].[H+]. The van der Waals surface area contributed by atoms with Crippen molar-refractivity contribution in [1.29, 1.82) is 0 Å². The molecule has 0 aliphatic carbocycles. The summed E-state index contributed by atoms with van der Waals surface area (Å²) in [5, 5.41) is 3.26. The summed E-state index contributed by atoms with van der Waals surface area (Å²) in [6.07, 6.45) is 0. The van der Waals surface area contributed by atoms with Crippen molar-refractivity contribution in [2.75, 3.05) is 24.6 Å². The molecule has 44 valence electrons. The van der Waals surface area contributed by atoms with Gasteiger partial charge in [-0.3, -0.25) is 0 Å². The maximum absolute atomic E-state index is 3.26. The number of thioether (sulfide) groups is 1. The van der Waals surface area contributed by atoms with Crippen molar-refractivity contribution in [3.63, 3.8) is 0 Å². The van der Waals surface area contributed by atoms with E-state index in [9.17, 15) is 0 Å². The molecule has 0 atom stereocenters. The second-order valence-corrected chi connectivity index (χ2v) is 2.59. The monoisotopic (exact) mass is 139 g/mol. The third kappa shape index (κ3) is 3.21. The third-order valence-corrected chi connectivity index (χ3v) is 1.83. The number of hydrogen-bond donors (Lipinski definition) is 1. The Morgan fingerprint density at radius 3 is 2.00 bits per heavy atom. The molecule has 0 aromatic carbocycles. The fourth-order valence-corrected chi connectivity index (χ4v) is 1.30. The van der Waals surface area contributed by atoms with Crippen LogP contribution < -0.4 is 17.7 Å². The smallest absolute Gasteiger partial charge is 1.00 e. The van der Waals surface area contributed by atoms with Crippen molar-refractivity contribution in [3.8, 4) is 0 Å². The molecule has 1 rings (SSSR count). The molecule has 7 heavy (non-hydrogen) atoms. The molecule has 1 aliphatic rings. The summed E-state index contributed by atoms with van der Waals surface area (Å²) in [6.45, 7) is 2.43. The molecule has 3 heteroatoms. The lowest BCUT2D eigenvalue weighted by atomic mass is 10.6. The molecular formula is C4H10ClNS. The van der Waals surface area contributed by atoms with E-state index in [2.05, 4.69) is 5.32 Å². The Morgan fingerprint density at radius 2 is 1.86 bits per heavy atom. The Hall–Kier alpha value is 0.600. The normalized spacial score (nSPS) is 20.6. The van der Waals surface area contributed by atoms with Crippen LogP contribution >= 0.6 is 11.8 Å². The van der Waals surface area contributed by atoms with E-state index in [1.807, 2.05) is 11.8 Å². The van der Waals surface area contributed by atoms with Crippen LogP contribution in [0.25, 0.3) is 0 Å². The van der Waals surface area contributed by atoms with E-state index < -0.39 is 0 Å². The van der Waals surface area contributed by atoms with Gasteiger partial charge in [0.05, 0.1) is 0 Å². The topological polar surface area (TPSA) is 12.0 Å². The Morgan fingerprint density at radius 1 is 1.29 bits per heavy atom. The minimum atomic E-state index is 0. The Kier molecular flexibility index (Phi) is 5.16. The molecule has 0 spiro atoms. The first kappa shape index (κ1) is 7.60. The van der Waals surface area contributed by atoms with Crippen molar-refractivity contribution in [2.24, 2.45) is 0 Å². The van der Waals surface area contributed by atoms with Crippen molar-refractivity contribution in [1.82, 2.24) is 5.32 Å². The van der Waals surface area contributed by atoms with E-state index in [4.69, 9.17) is 0 Å². The molecule has 1 aliphatic heterocycles. The molecule has 1 nitrogen and oxygen atoms in total. The lowest BCUT2D eigenvalue weighted by molar-refractivity contribution is -0.00000125. The zero-order valence-corrected chi connectivity index (χ0v) is 5.69. The lowest BCUT2D eigenvalue weighted by Gasteiger charge is -2.08. The average molecular weight is 140 g/mol. The molecule has 0 aromatic rings. The first-order valence-corrected chi connectivity index (χ1v) is 3.44. The predicted molar refractivity (Wildman–Crippen MR) is 31.3 cm³/mol. The Labute approximate surface area is 56.1 Å². The van der Waals surface area contributed by atoms with Gasteiger partial charge in [-0.15, -0.1) is 0 Å². The van der Waals surface area contributed by atoms with Crippen LogP contribution in [-0.4, -0.2) is 24.6 Å². The highest BCUT2D eigenvalue weighted by Gasteiger charge is 1.93. The Balaban J connectivity index is 0. The first-order valence-electron chi connectivity index (χ1n) is 2.28. The summed E-state index contributed by atoms with van der Waals surface area (Å²) >= 11 is 2.03. The number of rotatable bonds is 0. The highest BCUT2D eigenvalue weighted by atomic mass is 35.5. The maximum Gasteiger partial charge on any atom is 1.00 e. The Bertz CT molecular complexity index is 31.5. The van der Waals surface area contributed by atoms with Gasteiger partial charge in [0.1, 0.15) is 0 Å². The molecule has 1 fully saturated rings. The molecule has 1 saturated heterocycles. The largest absolute Gasteiger partial charge is 1.00 e. The quantitative estimate of drug-likeness (QED) is 0.397. The van der Waals surface area contributed by atoms with Gasteiger partial charge in [-0.25, -0.2) is 0 Å². The summed E-state index contributed by atoms with van der Waals surface area (Å²) in [7, 11) is 0. The van der Waals surface area contributed by atoms with Gasteiger partial charge in [-0.1, -0.05) is 0 Å². The molecule has 0 aromatic heterocycles. The van der Waals surface area contributed by atoms with E-state index in [0.717, 1.165) is 0 Å². The minimum absolute atomic E-state index is 0. The highest BCUT2D eigenvalue weighted by molar-refractivity contribution is 7.99. The summed E-state index contributed by atoms with van der Waals surface area (Å²) in [4.78, 5) is 0. The predicted octanol–water partition coefficient (Wildman–Crippen LogP) is -2.56. The number of nitrogens with one attached hydrogen (secondary N) is 1. The fraction of sp³-hybridized carbons (Fsp3) is 1.00. The zero-order valence-electron chi connectivity index (χ0n) is 5.11. The van der Waals surface area contributed by atoms with E-state index in [0.29, 0.717) is 0 Å². The second-order valence-electron chi connectivity index (χ2n) is 1.36. The van der Waals surface area contributed by atoms with Crippen LogP contribution in [0, 0.1) is 0 Å². The van der Waals surface area contributed by atoms with E-state index in [-0.39, 0.29) is 13.8 Å². The minimum Gasteiger partial charge on any atom is -1.00 e. The van der Waals surface area contributed by atoms with Crippen LogP contribution in [0.4, 0.5) is 0 Å². The third-order valence-electron chi connectivity index (χ3n) is 0.846. The van der Waals surface area contributed by atoms with Crippen molar-refractivity contribution >= 4 is 11.8 Å². The summed E-state index contributed by atoms with van der Waals surface area (Å²) in [6, 6.07) is 0. The molecule has 0 saturated carbocycles. The zero-order chi connectivity index (χ0) is 4.24. The van der Waals surface area contributed by atoms with Crippen molar-refractivity contribution in [2.45, 2.75) is 0 Å². The van der Waals surface area contributed by atoms with Gasteiger partial charge >= 0.3 is 1.43 Å². The molecule has 1 N–H and O–H groups in total. The van der Waals surface area contributed by atoms with E-state index in [1.54, 1.807) is 0 Å². The number of hydrogen-bond acceptors (Lipinski definition) is 2. The van der Waals surface area contributed by atoms with Gasteiger partial charge in [-0.05, 0) is 0 Å². The van der Waals surface area contributed by atoms with Crippen LogP contribution in [0.5, 0.6) is 0 Å². The first-order chi connectivity index (χ1) is 3.00. The van der Waals surface area contributed by atoms with Crippen LogP contribution in [0.2, 0.25) is 0 Å². The number of halogens is 1. The van der Waals surface area contributed by atoms with Gasteiger partial charge in [0, 0.05) is 24.6 Å². The second kappa shape index (κ2) is 4.75. The molecule has 0 radical (unpaired) electrons. The van der Waals surface area contributed by atoms with Crippen molar-refractivity contribution < 1.29 is 13.8 Å². The van der Waals surface area contributed by atoms with Gasteiger partial charge in [-0.2, -0.15) is 11.8 Å².